The molecule has 0 unspecified atom stereocenters. The van der Waals surface area contributed by atoms with Crippen LogP contribution in [0.15, 0.2) is 72.8 Å². The molecule has 2 heterocycles. The van der Waals surface area contributed by atoms with E-state index < -0.39 is 0 Å². The fraction of sp³-hybridized carbons (Fsp3) is 0.261. The van der Waals surface area contributed by atoms with E-state index in [4.69, 9.17) is 4.74 Å². The van der Waals surface area contributed by atoms with Crippen LogP contribution in [0.25, 0.3) is 6.08 Å². The zero-order valence-electron chi connectivity index (χ0n) is 15.8. The van der Waals surface area contributed by atoms with Gasteiger partial charge in [-0.25, -0.2) is 9.37 Å². The minimum atomic E-state index is -0.152. The number of aromatic nitrogens is 2. The lowest BCUT2D eigenvalue weighted by Crippen LogP contribution is -2.30. The van der Waals surface area contributed by atoms with Crippen molar-refractivity contribution in [3.8, 4) is 5.75 Å². The number of ether oxygens (including phenoxy) is 1. The van der Waals surface area contributed by atoms with Crippen LogP contribution in [0.4, 0.5) is 4.39 Å². The Bertz CT molecular complexity index is 937. The van der Waals surface area contributed by atoms with E-state index in [0.717, 1.165) is 42.9 Å². The maximum absolute atomic E-state index is 14.2. The van der Waals surface area contributed by atoms with Crippen LogP contribution in [-0.2, 0) is 13.1 Å². The molecule has 0 saturated heterocycles. The molecule has 0 saturated carbocycles. The molecule has 0 amide bonds. The molecule has 2 aromatic carbocycles. The smallest absolute Gasteiger partial charge is 0.127 e. The minimum absolute atomic E-state index is 0.152. The quantitative estimate of drug-likeness (QED) is 0.583. The summed E-state index contributed by atoms with van der Waals surface area (Å²) in [5, 5.41) is 0. The average Bonchev–Trinajstić information content (AvgIpc) is 3.23. The molecule has 28 heavy (non-hydrogen) atoms. The number of hydrogen-bond acceptors (Lipinski definition) is 3. The van der Waals surface area contributed by atoms with Crippen LogP contribution in [-0.4, -0.2) is 34.1 Å². The van der Waals surface area contributed by atoms with Crippen molar-refractivity contribution >= 4 is 6.08 Å². The van der Waals surface area contributed by atoms with Gasteiger partial charge in [0.15, 0.2) is 0 Å². The number of imidazole rings is 1. The van der Waals surface area contributed by atoms with Crippen molar-refractivity contribution in [3.63, 3.8) is 0 Å². The van der Waals surface area contributed by atoms with Crippen LogP contribution in [0.5, 0.6) is 5.75 Å². The highest BCUT2D eigenvalue weighted by molar-refractivity contribution is 5.62. The van der Waals surface area contributed by atoms with Crippen molar-refractivity contribution in [1.29, 1.82) is 0 Å². The van der Waals surface area contributed by atoms with Crippen LogP contribution < -0.4 is 4.74 Å². The Hall–Kier alpha value is -2.92. The number of nitrogens with zero attached hydrogens (tertiary/aromatic N) is 3. The van der Waals surface area contributed by atoms with Crippen LogP contribution >= 0.6 is 0 Å². The van der Waals surface area contributed by atoms with E-state index in [9.17, 15) is 4.39 Å². The summed E-state index contributed by atoms with van der Waals surface area (Å²) in [6.07, 6.45) is 8.75. The van der Waals surface area contributed by atoms with Gasteiger partial charge in [-0.2, -0.15) is 0 Å². The first kappa shape index (κ1) is 18.4. The van der Waals surface area contributed by atoms with E-state index >= 15 is 0 Å². The summed E-state index contributed by atoms with van der Waals surface area (Å²) in [7, 11) is 0. The number of halogens is 1. The first-order chi connectivity index (χ1) is 13.8. The van der Waals surface area contributed by atoms with Crippen molar-refractivity contribution in [2.45, 2.75) is 19.5 Å². The molecule has 144 valence electrons. The fourth-order valence-electron chi connectivity index (χ4n) is 3.52. The molecule has 0 bridgehead atoms. The van der Waals surface area contributed by atoms with Crippen molar-refractivity contribution in [2.24, 2.45) is 0 Å². The zero-order chi connectivity index (χ0) is 19.2. The van der Waals surface area contributed by atoms with Gasteiger partial charge in [-0.1, -0.05) is 36.4 Å². The summed E-state index contributed by atoms with van der Waals surface area (Å²) >= 11 is 0. The fourth-order valence-corrected chi connectivity index (χ4v) is 3.52. The lowest BCUT2D eigenvalue weighted by atomic mass is 10.1. The Kier molecular flexibility index (Phi) is 5.83. The number of fused-ring (bicyclic) bond motifs is 1. The van der Waals surface area contributed by atoms with Crippen molar-refractivity contribution in [1.82, 2.24) is 14.5 Å². The van der Waals surface area contributed by atoms with Gasteiger partial charge < -0.3 is 9.30 Å². The first-order valence-electron chi connectivity index (χ1n) is 9.61. The van der Waals surface area contributed by atoms with E-state index in [2.05, 4.69) is 26.6 Å². The van der Waals surface area contributed by atoms with Gasteiger partial charge >= 0.3 is 0 Å². The van der Waals surface area contributed by atoms with Gasteiger partial charge in [0.05, 0.1) is 6.33 Å². The standard InChI is InChI=1S/C23H24FN3O/c24-22-8-3-1-7-21(22)16-27(12-5-11-26-13-10-25-18-26)15-19-14-20-6-2-4-9-23(20)28-17-19/h1-4,6-10,13-14,18H,5,11-12,15-17H2. The van der Waals surface area contributed by atoms with Gasteiger partial charge in [0.1, 0.15) is 18.2 Å². The second-order valence-corrected chi connectivity index (χ2v) is 7.09. The Labute approximate surface area is 164 Å². The molecule has 0 spiro atoms. The number of para-hydroxylation sites is 1. The van der Waals surface area contributed by atoms with E-state index in [1.807, 2.05) is 42.9 Å². The summed E-state index contributed by atoms with van der Waals surface area (Å²) < 4.78 is 22.2. The van der Waals surface area contributed by atoms with Crippen LogP contribution in [0, 0.1) is 5.82 Å². The van der Waals surface area contributed by atoms with Crippen molar-refractivity contribution in [2.75, 3.05) is 19.7 Å². The number of benzene rings is 2. The highest BCUT2D eigenvalue weighted by atomic mass is 19.1. The molecule has 0 aliphatic carbocycles. The summed E-state index contributed by atoms with van der Waals surface area (Å²) in [6.45, 7) is 3.67. The highest BCUT2D eigenvalue weighted by Gasteiger charge is 2.15. The van der Waals surface area contributed by atoms with Gasteiger partial charge in [-0.15, -0.1) is 0 Å². The Morgan fingerprint density at radius 3 is 2.79 bits per heavy atom. The molecule has 0 radical (unpaired) electrons. The summed E-state index contributed by atoms with van der Waals surface area (Å²) in [5.41, 5.74) is 3.04. The molecule has 0 N–H and O–H groups in total. The number of aryl methyl sites for hydroxylation is 1. The van der Waals surface area contributed by atoms with Gasteiger partial charge in [0.2, 0.25) is 0 Å². The minimum Gasteiger partial charge on any atom is -0.489 e. The molecule has 3 aromatic rings. The van der Waals surface area contributed by atoms with Crippen LogP contribution in [0.1, 0.15) is 17.5 Å². The van der Waals surface area contributed by atoms with Crippen molar-refractivity contribution in [3.05, 3.63) is 89.8 Å². The summed E-state index contributed by atoms with van der Waals surface area (Å²) in [5.74, 6) is 0.772. The third kappa shape index (κ3) is 4.67. The van der Waals surface area contributed by atoms with Gasteiger partial charge in [0.25, 0.3) is 0 Å². The molecule has 0 atom stereocenters. The molecular formula is C23H24FN3O. The number of rotatable bonds is 8. The van der Waals surface area contributed by atoms with E-state index in [1.54, 1.807) is 12.3 Å². The molecular weight excluding hydrogens is 353 g/mol. The monoisotopic (exact) mass is 377 g/mol. The Morgan fingerprint density at radius 1 is 1.07 bits per heavy atom. The average molecular weight is 377 g/mol. The molecule has 4 rings (SSSR count). The highest BCUT2D eigenvalue weighted by Crippen LogP contribution is 2.26. The first-order valence-corrected chi connectivity index (χ1v) is 9.61. The van der Waals surface area contributed by atoms with E-state index in [1.165, 1.54) is 11.6 Å². The van der Waals surface area contributed by atoms with Crippen LogP contribution in [0.3, 0.4) is 0 Å². The zero-order valence-corrected chi connectivity index (χ0v) is 15.8. The van der Waals surface area contributed by atoms with Gasteiger partial charge in [0, 0.05) is 49.7 Å². The molecule has 5 heteroatoms. The molecule has 1 aliphatic rings. The van der Waals surface area contributed by atoms with Crippen molar-refractivity contribution < 1.29 is 9.13 Å². The largest absolute Gasteiger partial charge is 0.489 e. The van der Waals surface area contributed by atoms with Gasteiger partial charge in [-0.3, -0.25) is 4.90 Å². The lowest BCUT2D eigenvalue weighted by molar-refractivity contribution is 0.256. The predicted molar refractivity (Wildman–Crippen MR) is 108 cm³/mol. The lowest BCUT2D eigenvalue weighted by Gasteiger charge is -2.26. The molecule has 1 aliphatic heterocycles. The van der Waals surface area contributed by atoms with E-state index in [0.29, 0.717) is 13.2 Å². The normalized spacial score (nSPS) is 13.1. The third-order valence-electron chi connectivity index (χ3n) is 4.92. The Balaban J connectivity index is 1.46. The Morgan fingerprint density at radius 2 is 1.93 bits per heavy atom. The summed E-state index contributed by atoms with van der Waals surface area (Å²) in [6, 6.07) is 15.1. The number of hydrogen-bond donors (Lipinski definition) is 0. The second-order valence-electron chi connectivity index (χ2n) is 7.09. The SMILES string of the molecule is Fc1ccccc1CN(CCCn1ccnc1)CC1=Cc2ccccc2OC1. The molecule has 1 aromatic heterocycles. The maximum atomic E-state index is 14.2. The third-order valence-corrected chi connectivity index (χ3v) is 4.92. The van der Waals surface area contributed by atoms with Gasteiger partial charge in [-0.05, 0) is 30.2 Å². The molecule has 4 nitrogen and oxygen atoms in total. The molecule has 0 fully saturated rings. The maximum Gasteiger partial charge on any atom is 0.127 e. The predicted octanol–water partition coefficient (Wildman–Crippen LogP) is 4.39. The van der Waals surface area contributed by atoms with E-state index in [-0.39, 0.29) is 5.82 Å². The van der Waals surface area contributed by atoms with Crippen LogP contribution in [0.2, 0.25) is 0 Å². The summed E-state index contributed by atoms with van der Waals surface area (Å²) in [4.78, 5) is 6.38. The topological polar surface area (TPSA) is 30.3 Å². The second kappa shape index (κ2) is 8.85.